The van der Waals surface area contributed by atoms with Gasteiger partial charge in [-0.25, -0.2) is 4.68 Å². The van der Waals surface area contributed by atoms with Crippen molar-refractivity contribution in [2.24, 2.45) is 0 Å². The Morgan fingerprint density at radius 2 is 2.15 bits per heavy atom. The number of rotatable bonds is 1. The number of aromatic nitrogens is 3. The molecule has 0 amide bonds. The Balaban J connectivity index is 2.11. The molecule has 4 nitrogen and oxygen atoms in total. The molecule has 1 aliphatic rings. The highest BCUT2D eigenvalue weighted by Crippen LogP contribution is 2.33. The van der Waals surface area contributed by atoms with Gasteiger partial charge in [-0.2, -0.15) is 18.3 Å². The summed E-state index contributed by atoms with van der Waals surface area (Å²) in [5, 5.41) is 4.29. The van der Waals surface area contributed by atoms with Crippen LogP contribution in [-0.4, -0.2) is 21.4 Å². The lowest BCUT2D eigenvalue weighted by molar-refractivity contribution is -0.137. The van der Waals surface area contributed by atoms with E-state index in [-0.39, 0.29) is 6.23 Å². The molecular weight excluding hydrogens is 386 g/mol. The van der Waals surface area contributed by atoms with E-state index in [2.05, 4.69) is 10.1 Å². The molecule has 8 heteroatoms. The van der Waals surface area contributed by atoms with Gasteiger partial charge >= 0.3 is 6.18 Å². The van der Waals surface area contributed by atoms with Crippen molar-refractivity contribution in [1.29, 1.82) is 0 Å². The molecule has 20 heavy (non-hydrogen) atoms. The number of nitrogens with zero attached hydrogens (tertiary/aromatic N) is 3. The van der Waals surface area contributed by atoms with Crippen LogP contribution in [0.25, 0.3) is 11.0 Å². The van der Waals surface area contributed by atoms with Gasteiger partial charge in [-0.15, -0.1) is 0 Å². The first-order chi connectivity index (χ1) is 9.47. The highest BCUT2D eigenvalue weighted by molar-refractivity contribution is 14.1. The lowest BCUT2D eigenvalue weighted by atomic mass is 10.2. The fourth-order valence-corrected chi connectivity index (χ4v) is 2.92. The molecule has 0 bridgehead atoms. The standard InChI is InChI=1S/C12H11F3IN3O/c13-12(14,15)7-5-8-10(17-6-7)11(16)18-19(8)9-3-1-2-4-20-9/h5-6,9H,1-4H2/t9-/m1/s1. The Morgan fingerprint density at radius 3 is 2.80 bits per heavy atom. The Kier molecular flexibility index (Phi) is 3.61. The van der Waals surface area contributed by atoms with Crippen molar-refractivity contribution in [3.63, 3.8) is 0 Å². The summed E-state index contributed by atoms with van der Waals surface area (Å²) >= 11 is 1.98. The molecule has 0 spiro atoms. The van der Waals surface area contributed by atoms with Crippen LogP contribution in [0.3, 0.4) is 0 Å². The molecule has 2 aromatic rings. The lowest BCUT2D eigenvalue weighted by Crippen LogP contribution is -2.19. The summed E-state index contributed by atoms with van der Waals surface area (Å²) in [6, 6.07) is 1.09. The molecule has 0 saturated carbocycles. The Hall–Kier alpha value is -0.900. The van der Waals surface area contributed by atoms with E-state index in [9.17, 15) is 13.2 Å². The molecule has 1 saturated heterocycles. The molecule has 0 N–H and O–H groups in total. The molecule has 1 atom stereocenters. The normalized spacial score (nSPS) is 20.5. The van der Waals surface area contributed by atoms with Crippen LogP contribution in [0.1, 0.15) is 31.1 Å². The average molecular weight is 397 g/mol. The average Bonchev–Trinajstić information content (AvgIpc) is 2.76. The van der Waals surface area contributed by atoms with Crippen LogP contribution in [0, 0.1) is 3.70 Å². The topological polar surface area (TPSA) is 39.9 Å². The second kappa shape index (κ2) is 5.14. The fourth-order valence-electron chi connectivity index (χ4n) is 2.27. The predicted molar refractivity (Wildman–Crippen MR) is 74.1 cm³/mol. The highest BCUT2D eigenvalue weighted by Gasteiger charge is 2.32. The Labute approximate surface area is 126 Å². The van der Waals surface area contributed by atoms with E-state index < -0.39 is 11.7 Å². The number of ether oxygens (including phenoxy) is 1. The summed E-state index contributed by atoms with van der Waals surface area (Å²) in [5.41, 5.74) is 0.0854. The van der Waals surface area contributed by atoms with Crippen molar-refractivity contribution in [2.75, 3.05) is 6.61 Å². The van der Waals surface area contributed by atoms with Crippen LogP contribution < -0.4 is 0 Å². The molecule has 0 unspecified atom stereocenters. The summed E-state index contributed by atoms with van der Waals surface area (Å²) in [5.74, 6) is 0. The molecule has 0 aromatic carbocycles. The van der Waals surface area contributed by atoms with Crippen molar-refractivity contribution in [3.8, 4) is 0 Å². The van der Waals surface area contributed by atoms with E-state index in [4.69, 9.17) is 4.74 Å². The van der Waals surface area contributed by atoms with Crippen LogP contribution >= 0.6 is 22.6 Å². The Bertz CT molecular complexity index is 635. The maximum Gasteiger partial charge on any atom is 0.417 e. The Morgan fingerprint density at radius 1 is 1.35 bits per heavy atom. The quantitative estimate of drug-likeness (QED) is 0.689. The predicted octanol–water partition coefficient (Wildman–Crippen LogP) is 3.75. The second-order valence-electron chi connectivity index (χ2n) is 4.65. The molecular formula is C12H11F3IN3O. The van der Waals surface area contributed by atoms with Gasteiger partial charge < -0.3 is 4.74 Å². The number of pyridine rings is 1. The van der Waals surface area contributed by atoms with Gasteiger partial charge in [0.25, 0.3) is 0 Å². The van der Waals surface area contributed by atoms with E-state index in [0.717, 1.165) is 31.5 Å². The van der Waals surface area contributed by atoms with Gasteiger partial charge in [0.15, 0.2) is 6.23 Å². The molecule has 0 radical (unpaired) electrons. The molecule has 3 heterocycles. The summed E-state index contributed by atoms with van der Waals surface area (Å²) in [7, 11) is 0. The zero-order valence-corrected chi connectivity index (χ0v) is 12.5. The number of alkyl halides is 3. The zero-order chi connectivity index (χ0) is 14.3. The third-order valence-corrected chi connectivity index (χ3v) is 3.99. The molecule has 108 valence electrons. The first-order valence-electron chi connectivity index (χ1n) is 6.19. The van der Waals surface area contributed by atoms with Crippen molar-refractivity contribution in [1.82, 2.24) is 14.8 Å². The zero-order valence-electron chi connectivity index (χ0n) is 10.3. The van der Waals surface area contributed by atoms with Gasteiger partial charge in [0.05, 0.1) is 11.1 Å². The molecule has 1 aliphatic heterocycles. The van der Waals surface area contributed by atoms with Crippen molar-refractivity contribution >= 4 is 33.6 Å². The molecule has 0 aliphatic carbocycles. The number of fused-ring (bicyclic) bond motifs is 1. The van der Waals surface area contributed by atoms with Gasteiger partial charge in [0, 0.05) is 12.8 Å². The molecule has 2 aromatic heterocycles. The summed E-state index contributed by atoms with van der Waals surface area (Å²) in [6.07, 6.45) is -1.16. The van der Waals surface area contributed by atoms with Crippen molar-refractivity contribution < 1.29 is 17.9 Å². The monoisotopic (exact) mass is 397 g/mol. The largest absolute Gasteiger partial charge is 0.417 e. The van der Waals surface area contributed by atoms with Crippen molar-refractivity contribution in [2.45, 2.75) is 31.7 Å². The van der Waals surface area contributed by atoms with Gasteiger partial charge in [-0.05, 0) is 47.9 Å². The maximum atomic E-state index is 12.8. The first-order valence-corrected chi connectivity index (χ1v) is 7.27. The van der Waals surface area contributed by atoms with Gasteiger partial charge in [0.1, 0.15) is 9.22 Å². The SMILES string of the molecule is FC(F)(F)c1cnc2c(I)nn([C@H]3CCCCO3)c2c1. The third-order valence-electron chi connectivity index (χ3n) is 3.26. The van der Waals surface area contributed by atoms with Crippen LogP contribution in [0.15, 0.2) is 12.3 Å². The van der Waals surface area contributed by atoms with Gasteiger partial charge in [0.2, 0.25) is 0 Å². The minimum atomic E-state index is -4.41. The van der Waals surface area contributed by atoms with Crippen molar-refractivity contribution in [3.05, 3.63) is 21.5 Å². The third kappa shape index (κ3) is 2.50. The smallest absolute Gasteiger partial charge is 0.356 e. The van der Waals surface area contributed by atoms with E-state index in [1.165, 1.54) is 4.68 Å². The first kappa shape index (κ1) is 14.1. The number of halogens is 4. The van der Waals surface area contributed by atoms with Gasteiger partial charge in [-0.1, -0.05) is 0 Å². The van der Waals surface area contributed by atoms with Crippen LogP contribution in [0.5, 0.6) is 0 Å². The van der Waals surface area contributed by atoms with Crippen LogP contribution in [0.4, 0.5) is 13.2 Å². The fraction of sp³-hybridized carbons (Fsp3) is 0.500. The minimum Gasteiger partial charge on any atom is -0.356 e. The second-order valence-corrected chi connectivity index (χ2v) is 5.67. The summed E-state index contributed by atoms with van der Waals surface area (Å²) < 4.78 is 46.1. The van der Waals surface area contributed by atoms with Crippen LogP contribution in [-0.2, 0) is 10.9 Å². The van der Waals surface area contributed by atoms with Crippen LogP contribution in [0.2, 0.25) is 0 Å². The minimum absolute atomic E-state index is 0.306. The number of hydrogen-bond donors (Lipinski definition) is 0. The van der Waals surface area contributed by atoms with E-state index in [1.54, 1.807) is 0 Å². The summed E-state index contributed by atoms with van der Waals surface area (Å²) in [6.45, 7) is 0.606. The molecule has 3 rings (SSSR count). The summed E-state index contributed by atoms with van der Waals surface area (Å²) in [4.78, 5) is 3.90. The van der Waals surface area contributed by atoms with E-state index >= 15 is 0 Å². The highest BCUT2D eigenvalue weighted by atomic mass is 127. The van der Waals surface area contributed by atoms with E-state index in [1.807, 2.05) is 22.6 Å². The number of hydrogen-bond acceptors (Lipinski definition) is 3. The van der Waals surface area contributed by atoms with Gasteiger partial charge in [-0.3, -0.25) is 4.98 Å². The molecule has 1 fully saturated rings. The lowest BCUT2D eigenvalue weighted by Gasteiger charge is -2.23. The van der Waals surface area contributed by atoms with E-state index in [0.29, 0.717) is 21.3 Å². The maximum absolute atomic E-state index is 12.8.